The highest BCUT2D eigenvalue weighted by Crippen LogP contribution is 2.31. The number of quaternary nitrogens is 1. The van der Waals surface area contributed by atoms with Crippen LogP contribution >= 0.6 is 0 Å². The van der Waals surface area contributed by atoms with E-state index < -0.39 is 54.1 Å². The molecule has 4 aromatic rings. The van der Waals surface area contributed by atoms with Gasteiger partial charge in [0.1, 0.15) is 25.9 Å². The number of ether oxygens (including phenoxy) is 3. The minimum Gasteiger partial charge on any atom is -0.491 e. The first-order valence-electron chi connectivity index (χ1n) is 16.1. The van der Waals surface area contributed by atoms with Crippen LogP contribution < -0.4 is 29.2 Å². The Balaban J connectivity index is 1.52. The lowest BCUT2D eigenvalue weighted by Gasteiger charge is -2.28. The number of nitrogens with zero attached hydrogens (tertiary/aromatic N) is 4. The van der Waals surface area contributed by atoms with Crippen molar-refractivity contribution in [3.05, 3.63) is 109 Å². The molecule has 0 aliphatic rings. The molecule has 52 heavy (non-hydrogen) atoms. The number of carbonyl (C=O) groups excluding carboxylic acids is 5. The maximum Gasteiger partial charge on any atom is 0.388 e. The minimum absolute atomic E-state index is 0.0199. The number of hydrogen-bond acceptors (Lipinski definition) is 9. The van der Waals surface area contributed by atoms with Crippen molar-refractivity contribution in [2.45, 2.75) is 6.42 Å². The number of nitrogens with one attached hydrogen (secondary N) is 1. The minimum atomic E-state index is -1.14. The van der Waals surface area contributed by atoms with Crippen LogP contribution in [0.25, 0.3) is 0 Å². The third kappa shape index (κ3) is 9.93. The number of urea groups is 1. The van der Waals surface area contributed by atoms with Crippen molar-refractivity contribution in [1.29, 1.82) is 0 Å². The van der Waals surface area contributed by atoms with Gasteiger partial charge in [0.2, 0.25) is 24.1 Å². The van der Waals surface area contributed by atoms with Gasteiger partial charge in [-0.1, -0.05) is 53.2 Å². The van der Waals surface area contributed by atoms with E-state index in [1.54, 1.807) is 98.0 Å². The molecule has 2 N–H and O–H groups in total. The summed E-state index contributed by atoms with van der Waals surface area (Å²) >= 11 is 0. The fourth-order valence-corrected chi connectivity index (χ4v) is 5.07. The standard InChI is InChI=1S/C38H41N5O9/c1-40(38(48)39-28-14-11-13-27(21-28)22-37(47)51-5)24-35(45)42(25-34(44)41(2)29-15-7-6-8-16-29)30-17-12-18-31(23-30)52-26-36(46)43(3,49)32-19-9-10-20-33(32)50-4/h6-21,23,49H,22,24-26H2,1-5H3/p+1. The van der Waals surface area contributed by atoms with E-state index in [1.807, 2.05) is 6.07 Å². The van der Waals surface area contributed by atoms with E-state index in [1.165, 1.54) is 44.2 Å². The van der Waals surface area contributed by atoms with Crippen molar-refractivity contribution in [2.24, 2.45) is 0 Å². The van der Waals surface area contributed by atoms with Crippen LogP contribution in [0.3, 0.4) is 0 Å². The quantitative estimate of drug-likeness (QED) is 0.0832. The van der Waals surface area contributed by atoms with Crippen LogP contribution in [0.2, 0.25) is 0 Å². The molecule has 0 fully saturated rings. The van der Waals surface area contributed by atoms with E-state index in [0.717, 1.165) is 4.90 Å². The van der Waals surface area contributed by atoms with E-state index in [4.69, 9.17) is 14.2 Å². The summed E-state index contributed by atoms with van der Waals surface area (Å²) < 4.78 is 14.6. The van der Waals surface area contributed by atoms with Crippen molar-refractivity contribution in [3.8, 4) is 11.5 Å². The molecule has 5 amide bonds. The molecule has 272 valence electrons. The first kappa shape index (κ1) is 38.6. The highest BCUT2D eigenvalue weighted by molar-refractivity contribution is 6.05. The first-order valence-corrected chi connectivity index (χ1v) is 16.1. The fraction of sp³-hybridized carbons (Fsp3) is 0.237. The van der Waals surface area contributed by atoms with Gasteiger partial charge in [-0.2, -0.15) is 0 Å². The molecule has 1 atom stereocenters. The number of para-hydroxylation sites is 3. The Morgan fingerprint density at radius 1 is 0.769 bits per heavy atom. The number of methoxy groups -OCH3 is 2. The fourth-order valence-electron chi connectivity index (χ4n) is 5.07. The number of hydrogen-bond donors (Lipinski definition) is 2. The third-order valence-electron chi connectivity index (χ3n) is 8.12. The van der Waals surface area contributed by atoms with Crippen molar-refractivity contribution >= 4 is 52.5 Å². The van der Waals surface area contributed by atoms with Gasteiger partial charge in [0.25, 0.3) is 0 Å². The summed E-state index contributed by atoms with van der Waals surface area (Å²) in [4.78, 5) is 69.2. The van der Waals surface area contributed by atoms with Gasteiger partial charge < -0.3 is 34.2 Å². The molecule has 14 heteroatoms. The predicted octanol–water partition coefficient (Wildman–Crippen LogP) is 4.50. The Labute approximate surface area is 301 Å². The molecular weight excluding hydrogens is 670 g/mol. The van der Waals surface area contributed by atoms with Gasteiger partial charge in [0.05, 0.1) is 20.6 Å². The summed E-state index contributed by atoms with van der Waals surface area (Å²) in [5, 5.41) is 13.8. The number of rotatable bonds is 14. The largest absolute Gasteiger partial charge is 0.491 e. The molecule has 0 saturated carbocycles. The topological polar surface area (TPSA) is 155 Å². The van der Waals surface area contributed by atoms with Crippen LogP contribution in [0.5, 0.6) is 11.5 Å². The molecule has 0 radical (unpaired) electrons. The SMILES string of the molecule is COC(=O)Cc1cccc(NC(=O)N(C)CC(=O)N(CC(=O)N(C)c2ccccc2)c2cccc(OCC(=O)[N+](C)(O)c3ccccc3OC)c2)c1. The monoisotopic (exact) mass is 712 g/mol. The van der Waals surface area contributed by atoms with Gasteiger partial charge in [-0.15, -0.1) is 0 Å². The summed E-state index contributed by atoms with van der Waals surface area (Å²) in [7, 11) is 7.03. The second kappa shape index (κ2) is 17.6. The van der Waals surface area contributed by atoms with Gasteiger partial charge in [-0.05, 0) is 48.0 Å². The van der Waals surface area contributed by atoms with Gasteiger partial charge in [-0.25, -0.2) is 14.8 Å². The number of anilines is 3. The highest BCUT2D eigenvalue weighted by atomic mass is 16.6. The van der Waals surface area contributed by atoms with E-state index in [0.29, 0.717) is 22.7 Å². The van der Waals surface area contributed by atoms with Crippen molar-refractivity contribution < 1.29 is 43.4 Å². The molecule has 1 unspecified atom stereocenters. The van der Waals surface area contributed by atoms with E-state index in [-0.39, 0.29) is 23.5 Å². The Kier molecular flexibility index (Phi) is 13.1. The normalized spacial score (nSPS) is 11.7. The number of hydroxylamine groups is 2. The number of esters is 1. The van der Waals surface area contributed by atoms with Crippen LogP contribution in [0.15, 0.2) is 103 Å². The van der Waals surface area contributed by atoms with Crippen LogP contribution in [0.1, 0.15) is 5.56 Å². The van der Waals surface area contributed by atoms with Crippen molar-refractivity contribution in [3.63, 3.8) is 0 Å². The zero-order chi connectivity index (χ0) is 37.8. The molecule has 0 aliphatic heterocycles. The third-order valence-corrected chi connectivity index (χ3v) is 8.12. The van der Waals surface area contributed by atoms with Crippen LogP contribution in [0.4, 0.5) is 27.5 Å². The molecule has 0 heterocycles. The average molecular weight is 713 g/mol. The Morgan fingerprint density at radius 2 is 1.44 bits per heavy atom. The summed E-state index contributed by atoms with van der Waals surface area (Å²) in [5.41, 5.74) is 2.13. The Morgan fingerprint density at radius 3 is 2.15 bits per heavy atom. The molecule has 0 bridgehead atoms. The molecule has 0 aliphatic carbocycles. The van der Waals surface area contributed by atoms with Gasteiger partial charge in [-0.3, -0.25) is 14.4 Å². The average Bonchev–Trinajstić information content (AvgIpc) is 3.15. The van der Waals surface area contributed by atoms with E-state index in [2.05, 4.69) is 5.32 Å². The lowest BCUT2D eigenvalue weighted by Crippen LogP contribution is -2.50. The highest BCUT2D eigenvalue weighted by Gasteiger charge is 2.37. The van der Waals surface area contributed by atoms with Gasteiger partial charge >= 0.3 is 17.9 Å². The molecule has 0 spiro atoms. The summed E-state index contributed by atoms with van der Waals surface area (Å²) in [6.07, 6.45) is 0.0199. The Hall–Kier alpha value is -6.25. The number of carbonyl (C=O) groups is 5. The maximum atomic E-state index is 13.9. The zero-order valence-corrected chi connectivity index (χ0v) is 29.6. The molecule has 0 aromatic heterocycles. The number of likely N-dealkylation sites (N-methyl/N-ethyl adjacent to an activating group) is 3. The summed E-state index contributed by atoms with van der Waals surface area (Å²) in [6, 6.07) is 27.7. The summed E-state index contributed by atoms with van der Waals surface area (Å²) in [6.45, 7) is -1.35. The summed E-state index contributed by atoms with van der Waals surface area (Å²) in [5.74, 6) is -1.64. The van der Waals surface area contributed by atoms with Crippen molar-refractivity contribution in [1.82, 2.24) is 9.55 Å². The lowest BCUT2D eigenvalue weighted by molar-refractivity contribution is -0.158. The zero-order valence-electron chi connectivity index (χ0n) is 29.6. The first-order chi connectivity index (χ1) is 24.8. The van der Waals surface area contributed by atoms with Crippen molar-refractivity contribution in [2.75, 3.05) is 70.2 Å². The van der Waals surface area contributed by atoms with E-state index >= 15 is 0 Å². The smallest absolute Gasteiger partial charge is 0.388 e. The Bertz CT molecular complexity index is 1900. The predicted molar refractivity (Wildman–Crippen MR) is 195 cm³/mol. The molecular formula is C38H42N5O9+. The second-order valence-electron chi connectivity index (χ2n) is 11.8. The molecule has 4 rings (SSSR count). The number of amides is 5. The van der Waals surface area contributed by atoms with E-state index in [9.17, 15) is 29.2 Å². The lowest BCUT2D eigenvalue weighted by atomic mass is 10.1. The van der Waals surface area contributed by atoms with Crippen LogP contribution in [-0.2, 0) is 30.3 Å². The van der Waals surface area contributed by atoms with Gasteiger partial charge in [0, 0.05) is 43.3 Å². The molecule has 14 nitrogen and oxygen atoms in total. The second-order valence-corrected chi connectivity index (χ2v) is 11.8. The number of benzene rings is 4. The van der Waals surface area contributed by atoms with Crippen LogP contribution in [-0.4, -0.2) is 94.9 Å². The maximum absolute atomic E-state index is 13.9. The molecule has 0 saturated heterocycles. The molecule has 4 aromatic carbocycles. The van der Waals surface area contributed by atoms with Gasteiger partial charge in [0.15, 0.2) is 5.75 Å². The van der Waals surface area contributed by atoms with Crippen LogP contribution in [0, 0.1) is 0 Å².